The first-order valence-electron chi connectivity index (χ1n) is 11.7. The second-order valence-electron chi connectivity index (χ2n) is 8.76. The molecule has 0 atom stereocenters. The normalized spacial score (nSPS) is 17.8. The monoisotopic (exact) mass is 469 g/mol. The van der Waals surface area contributed by atoms with Crippen molar-refractivity contribution in [2.75, 3.05) is 26.2 Å². The van der Waals surface area contributed by atoms with Crippen LogP contribution in [-0.4, -0.2) is 61.7 Å². The summed E-state index contributed by atoms with van der Waals surface area (Å²) in [4.78, 5) is 27.2. The number of piperidine rings is 1. The Labute approximate surface area is 195 Å². The number of sulfonamides is 1. The highest BCUT2D eigenvalue weighted by Gasteiger charge is 2.29. The van der Waals surface area contributed by atoms with Crippen molar-refractivity contribution in [3.8, 4) is 0 Å². The van der Waals surface area contributed by atoms with Gasteiger partial charge in [0.25, 0.3) is 5.91 Å². The molecule has 176 valence electrons. The van der Waals surface area contributed by atoms with Crippen LogP contribution in [0.15, 0.2) is 59.5 Å². The Hall–Kier alpha value is -2.71. The molecule has 2 aliphatic heterocycles. The summed E-state index contributed by atoms with van der Waals surface area (Å²) >= 11 is 0. The fourth-order valence-electron chi connectivity index (χ4n) is 4.48. The Kier molecular flexibility index (Phi) is 7.45. The molecule has 2 aliphatic rings. The highest BCUT2D eigenvalue weighted by atomic mass is 32.2. The molecule has 33 heavy (non-hydrogen) atoms. The van der Waals surface area contributed by atoms with Gasteiger partial charge in [0.1, 0.15) is 0 Å². The Morgan fingerprint density at radius 2 is 1.61 bits per heavy atom. The van der Waals surface area contributed by atoms with E-state index in [1.165, 1.54) is 10.4 Å². The van der Waals surface area contributed by atoms with Crippen molar-refractivity contribution in [2.45, 2.75) is 49.5 Å². The van der Waals surface area contributed by atoms with Crippen molar-refractivity contribution < 1.29 is 18.0 Å². The zero-order valence-corrected chi connectivity index (χ0v) is 19.6. The van der Waals surface area contributed by atoms with Gasteiger partial charge in [-0.1, -0.05) is 36.4 Å². The highest BCUT2D eigenvalue weighted by molar-refractivity contribution is 7.89. The fourth-order valence-corrected chi connectivity index (χ4v) is 6.04. The molecule has 4 rings (SSSR count). The maximum Gasteiger partial charge on any atom is 0.253 e. The van der Waals surface area contributed by atoms with Gasteiger partial charge in [-0.05, 0) is 55.9 Å². The predicted octanol–water partition coefficient (Wildman–Crippen LogP) is 2.82. The summed E-state index contributed by atoms with van der Waals surface area (Å²) in [7, 11) is -3.56. The van der Waals surface area contributed by atoms with Gasteiger partial charge in [-0.3, -0.25) is 9.59 Å². The van der Waals surface area contributed by atoms with Crippen LogP contribution in [0.4, 0.5) is 0 Å². The topological polar surface area (TPSA) is 86.8 Å². The van der Waals surface area contributed by atoms with E-state index in [4.69, 9.17) is 0 Å². The number of nitrogens with one attached hydrogen (secondary N) is 1. The molecule has 2 saturated heterocycles. The molecule has 2 heterocycles. The number of carbonyl (C=O) groups is 2. The maximum absolute atomic E-state index is 13.0. The lowest BCUT2D eigenvalue weighted by atomic mass is 10.0. The number of hydrogen-bond donors (Lipinski definition) is 1. The molecule has 8 heteroatoms. The molecule has 2 aromatic carbocycles. The summed E-state index contributed by atoms with van der Waals surface area (Å²) in [6.45, 7) is 2.13. The Bertz CT molecular complexity index is 1070. The van der Waals surface area contributed by atoms with Crippen molar-refractivity contribution >= 4 is 21.8 Å². The van der Waals surface area contributed by atoms with Gasteiger partial charge in [0, 0.05) is 44.2 Å². The third-order valence-electron chi connectivity index (χ3n) is 6.41. The first-order chi connectivity index (χ1) is 15.9. The number of carbonyl (C=O) groups excluding carboxylic acids is 2. The van der Waals surface area contributed by atoms with Crippen LogP contribution in [0.2, 0.25) is 0 Å². The number of benzene rings is 2. The van der Waals surface area contributed by atoms with Crippen LogP contribution in [0.1, 0.15) is 48.0 Å². The molecule has 0 aliphatic carbocycles. The molecule has 2 fully saturated rings. The van der Waals surface area contributed by atoms with E-state index in [9.17, 15) is 18.0 Å². The Balaban J connectivity index is 1.29. The molecule has 0 spiro atoms. The van der Waals surface area contributed by atoms with Crippen LogP contribution in [0, 0.1) is 0 Å². The Morgan fingerprint density at radius 3 is 2.30 bits per heavy atom. The van der Waals surface area contributed by atoms with Gasteiger partial charge in [0.05, 0.1) is 4.90 Å². The fraction of sp³-hybridized carbons (Fsp3) is 0.440. The van der Waals surface area contributed by atoms with Crippen molar-refractivity contribution in [3.05, 3.63) is 65.7 Å². The molecule has 2 aromatic rings. The van der Waals surface area contributed by atoms with Crippen LogP contribution in [0.5, 0.6) is 0 Å². The van der Waals surface area contributed by atoms with Crippen molar-refractivity contribution in [2.24, 2.45) is 0 Å². The predicted molar refractivity (Wildman–Crippen MR) is 126 cm³/mol. The summed E-state index contributed by atoms with van der Waals surface area (Å²) in [5.74, 6) is -0.134. The number of aryl methyl sites for hydroxylation is 1. The summed E-state index contributed by atoms with van der Waals surface area (Å²) in [5, 5.41) is 3.09. The van der Waals surface area contributed by atoms with Gasteiger partial charge >= 0.3 is 0 Å². The molecule has 0 bridgehead atoms. The SMILES string of the molecule is O=C(CCc1ccccc1)NC1CCN(C(=O)c2cccc(S(=O)(=O)N3CCCC3)c2)CC1. The zero-order chi connectivity index (χ0) is 23.3. The quantitative estimate of drug-likeness (QED) is 0.676. The summed E-state index contributed by atoms with van der Waals surface area (Å²) in [6.07, 6.45) is 4.27. The standard InChI is InChI=1S/C25H31N3O4S/c29-24(12-11-20-7-2-1-3-8-20)26-22-13-17-27(18-14-22)25(30)21-9-6-10-23(19-21)33(31,32)28-15-4-5-16-28/h1-3,6-10,19,22H,4-5,11-18H2,(H,26,29). The summed E-state index contributed by atoms with van der Waals surface area (Å²) in [6, 6.07) is 16.3. The number of likely N-dealkylation sites (tertiary alicyclic amines) is 1. The minimum atomic E-state index is -3.56. The van der Waals surface area contributed by atoms with E-state index in [0.717, 1.165) is 18.4 Å². The lowest BCUT2D eigenvalue weighted by molar-refractivity contribution is -0.122. The van der Waals surface area contributed by atoms with Gasteiger partial charge in [0.2, 0.25) is 15.9 Å². The van der Waals surface area contributed by atoms with E-state index in [2.05, 4.69) is 5.32 Å². The third-order valence-corrected chi connectivity index (χ3v) is 8.31. The van der Waals surface area contributed by atoms with Gasteiger partial charge < -0.3 is 10.2 Å². The van der Waals surface area contributed by atoms with E-state index in [1.54, 1.807) is 23.1 Å². The second-order valence-corrected chi connectivity index (χ2v) is 10.7. The largest absolute Gasteiger partial charge is 0.353 e. The lowest BCUT2D eigenvalue weighted by Gasteiger charge is -2.32. The maximum atomic E-state index is 13.0. The van der Waals surface area contributed by atoms with Crippen LogP contribution < -0.4 is 5.32 Å². The smallest absolute Gasteiger partial charge is 0.253 e. The molecular weight excluding hydrogens is 438 g/mol. The van der Waals surface area contributed by atoms with Gasteiger partial charge in [-0.15, -0.1) is 0 Å². The van der Waals surface area contributed by atoms with Crippen molar-refractivity contribution in [1.82, 2.24) is 14.5 Å². The molecule has 7 nitrogen and oxygen atoms in total. The van der Waals surface area contributed by atoms with E-state index >= 15 is 0 Å². The van der Waals surface area contributed by atoms with E-state index in [-0.39, 0.29) is 22.8 Å². The van der Waals surface area contributed by atoms with Gasteiger partial charge in [0.15, 0.2) is 0 Å². The molecule has 1 N–H and O–H groups in total. The van der Waals surface area contributed by atoms with E-state index in [0.29, 0.717) is 57.4 Å². The molecule has 2 amide bonds. The van der Waals surface area contributed by atoms with E-state index < -0.39 is 10.0 Å². The highest BCUT2D eigenvalue weighted by Crippen LogP contribution is 2.23. The third kappa shape index (κ3) is 5.81. The van der Waals surface area contributed by atoms with E-state index in [1.807, 2.05) is 30.3 Å². The minimum absolute atomic E-state index is 0.0310. The summed E-state index contributed by atoms with van der Waals surface area (Å²) < 4.78 is 27.2. The minimum Gasteiger partial charge on any atom is -0.353 e. The zero-order valence-electron chi connectivity index (χ0n) is 18.8. The van der Waals surface area contributed by atoms with Crippen LogP contribution in [-0.2, 0) is 21.2 Å². The molecule has 0 saturated carbocycles. The molecular formula is C25H31N3O4S. The Morgan fingerprint density at radius 1 is 0.909 bits per heavy atom. The van der Waals surface area contributed by atoms with Crippen molar-refractivity contribution in [3.63, 3.8) is 0 Å². The summed E-state index contributed by atoms with van der Waals surface area (Å²) in [5.41, 5.74) is 1.53. The van der Waals surface area contributed by atoms with Crippen molar-refractivity contribution in [1.29, 1.82) is 0 Å². The molecule has 0 aromatic heterocycles. The molecule has 0 radical (unpaired) electrons. The number of rotatable bonds is 7. The number of nitrogens with zero attached hydrogens (tertiary/aromatic N) is 2. The lowest BCUT2D eigenvalue weighted by Crippen LogP contribution is -2.46. The number of amides is 2. The van der Waals surface area contributed by atoms with Crippen LogP contribution >= 0.6 is 0 Å². The number of hydrogen-bond acceptors (Lipinski definition) is 4. The second kappa shape index (κ2) is 10.5. The average molecular weight is 470 g/mol. The van der Waals surface area contributed by atoms with Crippen LogP contribution in [0.25, 0.3) is 0 Å². The van der Waals surface area contributed by atoms with Crippen LogP contribution in [0.3, 0.4) is 0 Å². The first-order valence-corrected chi connectivity index (χ1v) is 13.1. The van der Waals surface area contributed by atoms with Gasteiger partial charge in [-0.25, -0.2) is 8.42 Å². The van der Waals surface area contributed by atoms with Gasteiger partial charge in [-0.2, -0.15) is 4.31 Å². The first kappa shape index (κ1) is 23.4. The average Bonchev–Trinajstić information content (AvgIpc) is 3.40. The molecule has 0 unspecified atom stereocenters.